The first kappa shape index (κ1) is 30.9. The van der Waals surface area contributed by atoms with Gasteiger partial charge in [0.15, 0.2) is 0 Å². The maximum absolute atomic E-state index is 12.1. The van der Waals surface area contributed by atoms with Crippen molar-refractivity contribution in [3.63, 3.8) is 0 Å². The molecule has 0 radical (unpaired) electrons. The third-order valence-electron chi connectivity index (χ3n) is 5.36. The van der Waals surface area contributed by atoms with Gasteiger partial charge in [-0.25, -0.2) is 0 Å². The van der Waals surface area contributed by atoms with Gasteiger partial charge in [-0.15, -0.1) is 0 Å². The maximum Gasteiger partial charge on any atom is 0.244 e. The summed E-state index contributed by atoms with van der Waals surface area (Å²) >= 11 is 0. The van der Waals surface area contributed by atoms with E-state index in [4.69, 9.17) is 0 Å². The summed E-state index contributed by atoms with van der Waals surface area (Å²) in [6.45, 7) is 6.81. The van der Waals surface area contributed by atoms with Crippen LogP contribution in [0.25, 0.3) is 0 Å². The lowest BCUT2D eigenvalue weighted by Gasteiger charge is -2.28. The van der Waals surface area contributed by atoms with Crippen LogP contribution in [0.4, 0.5) is 0 Å². The smallest absolute Gasteiger partial charge is 0.244 e. The number of hydrogen-bond acceptors (Lipinski definition) is 2. The molecule has 1 amide bonds. The van der Waals surface area contributed by atoms with Crippen LogP contribution in [0.5, 0.6) is 0 Å². The molecule has 0 aromatic heterocycles. The summed E-state index contributed by atoms with van der Waals surface area (Å²) in [5.74, 6) is -0.158. The highest BCUT2D eigenvalue weighted by atomic mass is 16.3. The second-order valence-corrected chi connectivity index (χ2v) is 8.64. The van der Waals surface area contributed by atoms with Gasteiger partial charge in [-0.2, -0.15) is 0 Å². The van der Waals surface area contributed by atoms with Crippen molar-refractivity contribution >= 4 is 5.91 Å². The standard InChI is InChI=1S/C30H49NO2/c1-4-7-10-12-13-14-15-16-17-18-19-20-21-22-23-25-29(32)31-28-30(33,26-9-6-3)27-24-11-8-5-2/h10,12-16,19-23,25,33H,4-9,11,17-18,24,26-28H2,1-3H3,(H,31,32). The van der Waals surface area contributed by atoms with Gasteiger partial charge in [-0.05, 0) is 32.1 Å². The summed E-state index contributed by atoms with van der Waals surface area (Å²) in [7, 11) is 0. The van der Waals surface area contributed by atoms with Crippen molar-refractivity contribution in [1.29, 1.82) is 0 Å². The maximum atomic E-state index is 12.1. The van der Waals surface area contributed by atoms with Gasteiger partial charge < -0.3 is 10.4 Å². The zero-order valence-electron chi connectivity index (χ0n) is 21.5. The van der Waals surface area contributed by atoms with Crippen molar-refractivity contribution in [2.75, 3.05) is 6.54 Å². The van der Waals surface area contributed by atoms with Crippen LogP contribution in [-0.4, -0.2) is 23.2 Å². The van der Waals surface area contributed by atoms with Crippen LogP contribution < -0.4 is 5.32 Å². The van der Waals surface area contributed by atoms with Crippen molar-refractivity contribution in [2.45, 2.75) is 103 Å². The molecule has 0 aliphatic carbocycles. The molecule has 0 bridgehead atoms. The molecule has 0 aromatic rings. The summed E-state index contributed by atoms with van der Waals surface area (Å²) in [6.07, 6.45) is 36.2. The average Bonchev–Trinajstić information content (AvgIpc) is 2.82. The summed E-state index contributed by atoms with van der Waals surface area (Å²) in [4.78, 5) is 12.1. The summed E-state index contributed by atoms with van der Waals surface area (Å²) in [5, 5.41) is 13.8. The van der Waals surface area contributed by atoms with Gasteiger partial charge in [-0.1, -0.05) is 133 Å². The lowest BCUT2D eigenvalue weighted by atomic mass is 9.90. The number of allylic oxidation sites excluding steroid dienone is 11. The quantitative estimate of drug-likeness (QED) is 0.111. The van der Waals surface area contributed by atoms with E-state index in [1.165, 1.54) is 25.3 Å². The molecule has 186 valence electrons. The molecule has 0 aliphatic rings. The van der Waals surface area contributed by atoms with Crippen LogP contribution in [0.1, 0.15) is 97.8 Å². The number of nitrogens with one attached hydrogen (secondary N) is 1. The Balaban J connectivity index is 4.15. The lowest BCUT2D eigenvalue weighted by molar-refractivity contribution is -0.118. The Bertz CT molecular complexity index is 640. The second kappa shape index (κ2) is 23.0. The van der Waals surface area contributed by atoms with Crippen molar-refractivity contribution in [2.24, 2.45) is 0 Å². The topological polar surface area (TPSA) is 49.3 Å². The number of amides is 1. The molecule has 0 rings (SSSR count). The average molecular weight is 456 g/mol. The van der Waals surface area contributed by atoms with Gasteiger partial charge in [0.25, 0.3) is 0 Å². The van der Waals surface area contributed by atoms with Crippen LogP contribution in [0.3, 0.4) is 0 Å². The highest BCUT2D eigenvalue weighted by Crippen LogP contribution is 2.21. The molecule has 0 saturated carbocycles. The largest absolute Gasteiger partial charge is 0.388 e. The fourth-order valence-corrected chi connectivity index (χ4v) is 3.28. The van der Waals surface area contributed by atoms with E-state index in [1.807, 2.05) is 18.2 Å². The third-order valence-corrected chi connectivity index (χ3v) is 5.36. The van der Waals surface area contributed by atoms with Crippen molar-refractivity contribution in [1.82, 2.24) is 5.32 Å². The van der Waals surface area contributed by atoms with Crippen LogP contribution in [-0.2, 0) is 4.79 Å². The molecule has 3 nitrogen and oxygen atoms in total. The van der Waals surface area contributed by atoms with Crippen LogP contribution >= 0.6 is 0 Å². The van der Waals surface area contributed by atoms with Gasteiger partial charge in [0, 0.05) is 12.6 Å². The number of unbranched alkanes of at least 4 members (excludes halogenated alkanes) is 6. The fourth-order valence-electron chi connectivity index (χ4n) is 3.28. The number of carbonyl (C=O) groups is 1. The van der Waals surface area contributed by atoms with E-state index in [-0.39, 0.29) is 5.91 Å². The van der Waals surface area contributed by atoms with E-state index in [9.17, 15) is 9.90 Å². The molecule has 33 heavy (non-hydrogen) atoms. The van der Waals surface area contributed by atoms with E-state index in [0.29, 0.717) is 6.54 Å². The Hall–Kier alpha value is -2.13. The molecular formula is C30H49NO2. The van der Waals surface area contributed by atoms with Crippen molar-refractivity contribution in [3.05, 3.63) is 72.9 Å². The monoisotopic (exact) mass is 455 g/mol. The Labute approximate surface area is 204 Å². The van der Waals surface area contributed by atoms with Gasteiger partial charge in [0.1, 0.15) is 0 Å². The molecular weight excluding hydrogens is 406 g/mol. The van der Waals surface area contributed by atoms with Crippen LogP contribution in [0, 0.1) is 0 Å². The van der Waals surface area contributed by atoms with E-state index < -0.39 is 5.60 Å². The Kier molecular flexibility index (Phi) is 21.6. The minimum Gasteiger partial charge on any atom is -0.388 e. The van der Waals surface area contributed by atoms with Gasteiger partial charge in [-0.3, -0.25) is 4.79 Å². The highest BCUT2D eigenvalue weighted by molar-refractivity contribution is 5.87. The number of carbonyl (C=O) groups excluding carboxylic acids is 1. The lowest BCUT2D eigenvalue weighted by Crippen LogP contribution is -2.42. The summed E-state index contributed by atoms with van der Waals surface area (Å²) in [5.41, 5.74) is -0.790. The first-order valence-electron chi connectivity index (χ1n) is 13.1. The predicted octanol–water partition coefficient (Wildman–Crippen LogP) is 7.91. The molecule has 0 fully saturated rings. The highest BCUT2D eigenvalue weighted by Gasteiger charge is 2.25. The van der Waals surface area contributed by atoms with Gasteiger partial charge in [0.2, 0.25) is 5.91 Å². The molecule has 1 unspecified atom stereocenters. The predicted molar refractivity (Wildman–Crippen MR) is 145 cm³/mol. The number of rotatable bonds is 20. The minimum absolute atomic E-state index is 0.158. The molecule has 0 aromatic carbocycles. The third kappa shape index (κ3) is 21.5. The summed E-state index contributed by atoms with van der Waals surface area (Å²) in [6, 6.07) is 0. The Morgan fingerprint density at radius 3 is 1.79 bits per heavy atom. The molecule has 0 saturated heterocycles. The zero-order chi connectivity index (χ0) is 24.5. The van der Waals surface area contributed by atoms with Gasteiger partial charge >= 0.3 is 0 Å². The van der Waals surface area contributed by atoms with E-state index in [2.05, 4.69) is 68.6 Å². The minimum atomic E-state index is -0.790. The van der Waals surface area contributed by atoms with Crippen molar-refractivity contribution in [3.8, 4) is 0 Å². The Morgan fingerprint density at radius 1 is 0.667 bits per heavy atom. The van der Waals surface area contributed by atoms with E-state index >= 15 is 0 Å². The second-order valence-electron chi connectivity index (χ2n) is 8.64. The molecule has 0 spiro atoms. The first-order valence-corrected chi connectivity index (χ1v) is 13.1. The first-order chi connectivity index (χ1) is 16.1. The van der Waals surface area contributed by atoms with Crippen LogP contribution in [0.2, 0.25) is 0 Å². The number of aliphatic hydroxyl groups is 1. The van der Waals surface area contributed by atoms with Crippen LogP contribution in [0.15, 0.2) is 72.9 Å². The number of hydrogen-bond donors (Lipinski definition) is 2. The molecule has 0 heterocycles. The van der Waals surface area contributed by atoms with E-state index in [1.54, 1.807) is 6.08 Å². The molecule has 0 aliphatic heterocycles. The fraction of sp³-hybridized carbons (Fsp3) is 0.567. The molecule has 3 heteroatoms. The zero-order valence-corrected chi connectivity index (χ0v) is 21.5. The SMILES string of the molecule is CCCC=CC=CC=CCCC=CC=CC=CC(=O)NCC(O)(CCCC)CCCCCC. The van der Waals surface area contributed by atoms with Crippen molar-refractivity contribution < 1.29 is 9.90 Å². The molecule has 2 N–H and O–H groups in total. The van der Waals surface area contributed by atoms with E-state index in [0.717, 1.165) is 57.8 Å². The summed E-state index contributed by atoms with van der Waals surface area (Å²) < 4.78 is 0. The Morgan fingerprint density at radius 2 is 1.21 bits per heavy atom. The molecule has 1 atom stereocenters. The van der Waals surface area contributed by atoms with Gasteiger partial charge in [0.05, 0.1) is 5.60 Å². The normalized spacial score (nSPS) is 14.7.